The Hall–Kier alpha value is -2.37. The molecule has 20 heavy (non-hydrogen) atoms. The van der Waals surface area contributed by atoms with E-state index < -0.39 is 5.97 Å². The van der Waals surface area contributed by atoms with Crippen LogP contribution in [0.1, 0.15) is 34.6 Å². The molecule has 6 heteroatoms. The Kier molecular flexibility index (Phi) is 3.14. The number of benzene rings is 1. The number of fused-ring (bicyclic) bond motifs is 1. The van der Waals surface area contributed by atoms with Crippen LogP contribution in [0, 0.1) is 0 Å². The van der Waals surface area contributed by atoms with E-state index in [1.54, 1.807) is 22.8 Å². The summed E-state index contributed by atoms with van der Waals surface area (Å²) in [5, 5.41) is 13.3. The summed E-state index contributed by atoms with van der Waals surface area (Å²) in [7, 11) is 0. The topological polar surface area (TPSA) is 77.1 Å². The molecule has 0 saturated heterocycles. The molecule has 0 spiro atoms. The molecular weight excluding hydrogens is 258 g/mol. The van der Waals surface area contributed by atoms with Crippen molar-refractivity contribution in [1.82, 2.24) is 14.3 Å². The summed E-state index contributed by atoms with van der Waals surface area (Å²) in [5.41, 5.74) is 0.877. The second-order valence-corrected chi connectivity index (χ2v) is 4.97. The molecule has 1 aromatic carbocycles. The van der Waals surface area contributed by atoms with Gasteiger partial charge in [0.25, 0.3) is 0 Å². The molecule has 1 aliphatic heterocycles. The molecular formula is C14H15N3O3. The third kappa shape index (κ3) is 2.24. The molecule has 0 fully saturated rings. The van der Waals surface area contributed by atoms with Gasteiger partial charge in [-0.2, -0.15) is 5.10 Å². The number of hydrogen-bond donors (Lipinski definition) is 1. The van der Waals surface area contributed by atoms with E-state index in [0.717, 1.165) is 37.2 Å². The third-order valence-electron chi connectivity index (χ3n) is 3.54. The average molecular weight is 273 g/mol. The van der Waals surface area contributed by atoms with E-state index in [4.69, 9.17) is 5.11 Å². The molecule has 0 aliphatic carbocycles. The van der Waals surface area contributed by atoms with Crippen LogP contribution in [0.3, 0.4) is 0 Å². The summed E-state index contributed by atoms with van der Waals surface area (Å²) < 4.78 is 3.13. The Labute approximate surface area is 115 Å². The van der Waals surface area contributed by atoms with Crippen LogP contribution < -0.4 is 5.69 Å². The van der Waals surface area contributed by atoms with Crippen molar-refractivity contribution in [1.29, 1.82) is 0 Å². The molecule has 0 saturated carbocycles. The Balaban J connectivity index is 1.92. The maximum atomic E-state index is 12.2. The number of hydrogen-bond acceptors (Lipinski definition) is 3. The van der Waals surface area contributed by atoms with Gasteiger partial charge in [-0.25, -0.2) is 14.3 Å². The quantitative estimate of drug-likeness (QED) is 0.909. The second-order valence-electron chi connectivity index (χ2n) is 4.97. The van der Waals surface area contributed by atoms with E-state index in [1.807, 2.05) is 0 Å². The van der Waals surface area contributed by atoms with E-state index in [2.05, 4.69) is 5.10 Å². The predicted octanol–water partition coefficient (Wildman–Crippen LogP) is 1.13. The zero-order chi connectivity index (χ0) is 14.1. The smallest absolute Gasteiger partial charge is 0.346 e. The number of carbonyl (C=O) groups is 1. The SMILES string of the molecule is O=C(O)c1cccc(Cn2nc3n(c2=O)CCCC3)c1. The number of carboxylic acid groups (broad SMARTS) is 1. The molecule has 0 radical (unpaired) electrons. The molecule has 3 rings (SSSR count). The van der Waals surface area contributed by atoms with Gasteiger partial charge in [0.15, 0.2) is 0 Å². The first kappa shape index (κ1) is 12.7. The summed E-state index contributed by atoms with van der Waals surface area (Å²) in [6.45, 7) is 1.03. The van der Waals surface area contributed by atoms with Crippen LogP contribution in [0.4, 0.5) is 0 Å². The monoisotopic (exact) mass is 273 g/mol. The number of nitrogens with zero attached hydrogens (tertiary/aromatic N) is 3. The first-order chi connectivity index (χ1) is 9.65. The number of aromatic nitrogens is 3. The van der Waals surface area contributed by atoms with E-state index in [0.29, 0.717) is 6.54 Å². The Morgan fingerprint density at radius 1 is 1.35 bits per heavy atom. The molecule has 1 N–H and O–H groups in total. The zero-order valence-corrected chi connectivity index (χ0v) is 11.0. The molecule has 6 nitrogen and oxygen atoms in total. The van der Waals surface area contributed by atoms with E-state index in [9.17, 15) is 9.59 Å². The minimum Gasteiger partial charge on any atom is -0.478 e. The van der Waals surface area contributed by atoms with Gasteiger partial charge in [0.2, 0.25) is 0 Å². The van der Waals surface area contributed by atoms with Crippen molar-refractivity contribution in [2.24, 2.45) is 0 Å². The fourth-order valence-electron chi connectivity index (χ4n) is 2.53. The number of rotatable bonds is 3. The lowest BCUT2D eigenvalue weighted by Crippen LogP contribution is -2.27. The normalized spacial score (nSPS) is 14.0. The highest BCUT2D eigenvalue weighted by Gasteiger charge is 2.16. The predicted molar refractivity (Wildman–Crippen MR) is 71.9 cm³/mol. The molecule has 1 aliphatic rings. The Morgan fingerprint density at radius 3 is 2.95 bits per heavy atom. The lowest BCUT2D eigenvalue weighted by molar-refractivity contribution is 0.0696. The van der Waals surface area contributed by atoms with Gasteiger partial charge in [-0.15, -0.1) is 0 Å². The van der Waals surface area contributed by atoms with Crippen molar-refractivity contribution in [2.75, 3.05) is 0 Å². The Morgan fingerprint density at radius 2 is 2.20 bits per heavy atom. The molecule has 0 bridgehead atoms. The van der Waals surface area contributed by atoms with Crippen molar-refractivity contribution >= 4 is 5.97 Å². The third-order valence-corrected chi connectivity index (χ3v) is 3.54. The molecule has 0 unspecified atom stereocenters. The van der Waals surface area contributed by atoms with Gasteiger partial charge in [0, 0.05) is 13.0 Å². The molecule has 0 amide bonds. The van der Waals surface area contributed by atoms with Crippen LogP contribution in [0.2, 0.25) is 0 Å². The lowest BCUT2D eigenvalue weighted by Gasteiger charge is -2.09. The van der Waals surface area contributed by atoms with Crippen molar-refractivity contribution < 1.29 is 9.90 Å². The highest BCUT2D eigenvalue weighted by Crippen LogP contribution is 2.11. The Bertz CT molecular complexity index is 715. The second kappa shape index (κ2) is 4.96. The van der Waals surface area contributed by atoms with Crippen LogP contribution >= 0.6 is 0 Å². The fraction of sp³-hybridized carbons (Fsp3) is 0.357. The van der Waals surface area contributed by atoms with Gasteiger partial charge in [-0.1, -0.05) is 12.1 Å². The molecule has 2 aromatic rings. The first-order valence-corrected chi connectivity index (χ1v) is 6.64. The van der Waals surface area contributed by atoms with E-state index >= 15 is 0 Å². The summed E-state index contributed by atoms with van der Waals surface area (Å²) in [5.74, 6) is -0.140. The van der Waals surface area contributed by atoms with Gasteiger partial charge in [-0.05, 0) is 30.5 Å². The average Bonchev–Trinajstić information content (AvgIpc) is 2.76. The minimum absolute atomic E-state index is 0.111. The fourth-order valence-corrected chi connectivity index (χ4v) is 2.53. The molecule has 104 valence electrons. The van der Waals surface area contributed by atoms with E-state index in [-0.39, 0.29) is 11.3 Å². The maximum Gasteiger partial charge on any atom is 0.346 e. The standard InChI is InChI=1S/C14H15N3O3/c18-13(19)11-5-3-4-10(8-11)9-17-14(20)16-7-2-1-6-12(16)15-17/h3-5,8H,1-2,6-7,9H2,(H,18,19). The minimum atomic E-state index is -0.969. The van der Waals surface area contributed by atoms with Crippen LogP contribution in [0.25, 0.3) is 0 Å². The molecule has 0 atom stereocenters. The highest BCUT2D eigenvalue weighted by atomic mass is 16.4. The van der Waals surface area contributed by atoms with Crippen LogP contribution in [0.5, 0.6) is 0 Å². The van der Waals surface area contributed by atoms with Gasteiger partial charge < -0.3 is 5.11 Å². The summed E-state index contributed by atoms with van der Waals surface area (Å²) in [6.07, 6.45) is 2.90. The highest BCUT2D eigenvalue weighted by molar-refractivity contribution is 5.87. The van der Waals surface area contributed by atoms with Crippen molar-refractivity contribution in [3.05, 3.63) is 51.7 Å². The van der Waals surface area contributed by atoms with Crippen molar-refractivity contribution in [2.45, 2.75) is 32.4 Å². The van der Waals surface area contributed by atoms with Crippen LogP contribution in [-0.4, -0.2) is 25.4 Å². The number of carboxylic acids is 1. The summed E-state index contributed by atoms with van der Waals surface area (Å²) >= 11 is 0. The summed E-state index contributed by atoms with van der Waals surface area (Å²) in [6, 6.07) is 6.59. The van der Waals surface area contributed by atoms with Gasteiger partial charge in [0.1, 0.15) is 5.82 Å². The number of aromatic carboxylic acids is 1. The van der Waals surface area contributed by atoms with E-state index in [1.165, 1.54) is 10.7 Å². The van der Waals surface area contributed by atoms with Crippen LogP contribution in [0.15, 0.2) is 29.1 Å². The van der Waals surface area contributed by atoms with Gasteiger partial charge >= 0.3 is 11.7 Å². The van der Waals surface area contributed by atoms with Crippen molar-refractivity contribution in [3.8, 4) is 0 Å². The van der Waals surface area contributed by atoms with Crippen LogP contribution in [-0.2, 0) is 19.5 Å². The molecule has 1 aromatic heterocycles. The first-order valence-electron chi connectivity index (χ1n) is 6.64. The van der Waals surface area contributed by atoms with Crippen molar-refractivity contribution in [3.63, 3.8) is 0 Å². The number of aryl methyl sites for hydroxylation is 1. The largest absolute Gasteiger partial charge is 0.478 e. The lowest BCUT2D eigenvalue weighted by atomic mass is 10.1. The zero-order valence-electron chi connectivity index (χ0n) is 11.0. The summed E-state index contributed by atoms with van der Waals surface area (Å²) in [4.78, 5) is 23.1. The van der Waals surface area contributed by atoms with Gasteiger partial charge in [-0.3, -0.25) is 4.57 Å². The molecule has 2 heterocycles. The van der Waals surface area contributed by atoms with Gasteiger partial charge in [0.05, 0.1) is 12.1 Å². The maximum absolute atomic E-state index is 12.2.